The van der Waals surface area contributed by atoms with Gasteiger partial charge in [-0.25, -0.2) is 0 Å². The van der Waals surface area contributed by atoms with Gasteiger partial charge in [-0.3, -0.25) is 9.78 Å². The summed E-state index contributed by atoms with van der Waals surface area (Å²) in [4.78, 5) is 17.2. The normalized spacial score (nSPS) is 10.7. The van der Waals surface area contributed by atoms with Gasteiger partial charge >= 0.3 is 0 Å². The molecule has 4 rings (SSSR count). The maximum Gasteiger partial charge on any atom is 0.193 e. The number of hydrogen-bond donors (Lipinski definition) is 0. The minimum absolute atomic E-state index is 0.0264. The average molecular weight is 309 g/mol. The lowest BCUT2D eigenvalue weighted by Crippen LogP contribution is -2.01. The van der Waals surface area contributed by atoms with Crippen LogP contribution in [0.2, 0.25) is 0 Å². The number of fused-ring (bicyclic) bond motifs is 1. The number of rotatable bonds is 3. The molecule has 24 heavy (non-hydrogen) atoms. The topological polar surface area (TPSA) is 30.0 Å². The van der Waals surface area contributed by atoms with Crippen molar-refractivity contribution in [2.75, 3.05) is 0 Å². The lowest BCUT2D eigenvalue weighted by Gasteiger charge is -2.06. The van der Waals surface area contributed by atoms with Crippen molar-refractivity contribution in [3.05, 3.63) is 102 Å². The van der Waals surface area contributed by atoms with Crippen molar-refractivity contribution in [2.24, 2.45) is 0 Å². The van der Waals surface area contributed by atoms with E-state index in [4.69, 9.17) is 0 Å². The second kappa shape index (κ2) is 6.09. The molecule has 2 nitrogen and oxygen atoms in total. The monoisotopic (exact) mass is 309 g/mol. The lowest BCUT2D eigenvalue weighted by atomic mass is 9.98. The second-order valence-electron chi connectivity index (χ2n) is 5.69. The van der Waals surface area contributed by atoms with Crippen LogP contribution in [0.3, 0.4) is 0 Å². The highest BCUT2D eigenvalue weighted by Crippen LogP contribution is 2.22. The highest BCUT2D eigenvalue weighted by Gasteiger charge is 2.11. The Hall–Kier alpha value is -3.26. The Balaban J connectivity index is 1.73. The van der Waals surface area contributed by atoms with Crippen molar-refractivity contribution in [3.8, 4) is 11.3 Å². The Labute approximate surface area is 140 Å². The van der Waals surface area contributed by atoms with Gasteiger partial charge in [-0.05, 0) is 35.0 Å². The predicted octanol–water partition coefficient (Wildman–Crippen LogP) is 5.13. The molecule has 0 radical (unpaired) electrons. The third-order valence-corrected chi connectivity index (χ3v) is 4.10. The summed E-state index contributed by atoms with van der Waals surface area (Å²) in [6.45, 7) is 0. The summed E-state index contributed by atoms with van der Waals surface area (Å²) in [7, 11) is 0. The SMILES string of the molecule is O=C(c1cccc(-c2ccccn2)c1)c1ccc2ccccc2c1. The van der Waals surface area contributed by atoms with Crippen molar-refractivity contribution in [1.29, 1.82) is 0 Å². The fourth-order valence-corrected chi connectivity index (χ4v) is 2.85. The van der Waals surface area contributed by atoms with Gasteiger partial charge in [-0.1, -0.05) is 60.7 Å². The zero-order chi connectivity index (χ0) is 16.4. The van der Waals surface area contributed by atoms with Crippen LogP contribution in [0.15, 0.2) is 91.1 Å². The van der Waals surface area contributed by atoms with Crippen LogP contribution in [0.4, 0.5) is 0 Å². The first-order valence-electron chi connectivity index (χ1n) is 7.86. The first-order valence-corrected chi connectivity index (χ1v) is 7.86. The predicted molar refractivity (Wildman–Crippen MR) is 97.1 cm³/mol. The number of ketones is 1. The third kappa shape index (κ3) is 2.70. The summed E-state index contributed by atoms with van der Waals surface area (Å²) >= 11 is 0. The molecule has 0 N–H and O–H groups in total. The summed E-state index contributed by atoms with van der Waals surface area (Å²) in [5.74, 6) is 0.0264. The van der Waals surface area contributed by atoms with E-state index in [1.165, 1.54) is 0 Å². The molecule has 2 heteroatoms. The molecule has 0 bridgehead atoms. The zero-order valence-electron chi connectivity index (χ0n) is 13.0. The molecule has 1 heterocycles. The van der Waals surface area contributed by atoms with Crippen LogP contribution in [0, 0.1) is 0 Å². The summed E-state index contributed by atoms with van der Waals surface area (Å²) in [6.07, 6.45) is 1.76. The van der Waals surface area contributed by atoms with Crippen molar-refractivity contribution >= 4 is 16.6 Å². The molecule has 0 atom stereocenters. The van der Waals surface area contributed by atoms with Gasteiger partial charge in [0, 0.05) is 22.9 Å². The first-order chi connectivity index (χ1) is 11.8. The van der Waals surface area contributed by atoms with Gasteiger partial charge in [-0.15, -0.1) is 0 Å². The van der Waals surface area contributed by atoms with E-state index >= 15 is 0 Å². The molecule has 3 aromatic carbocycles. The molecule has 0 amide bonds. The van der Waals surface area contributed by atoms with E-state index in [1.807, 2.05) is 84.9 Å². The zero-order valence-corrected chi connectivity index (χ0v) is 13.0. The van der Waals surface area contributed by atoms with Crippen LogP contribution in [0.5, 0.6) is 0 Å². The largest absolute Gasteiger partial charge is 0.289 e. The molecule has 0 unspecified atom stereocenters. The Morgan fingerprint density at radius 3 is 2.29 bits per heavy atom. The van der Waals surface area contributed by atoms with Crippen LogP contribution in [0.1, 0.15) is 15.9 Å². The van der Waals surface area contributed by atoms with Gasteiger partial charge in [0.2, 0.25) is 0 Å². The molecule has 0 aliphatic carbocycles. The number of nitrogens with zero attached hydrogens (tertiary/aromatic N) is 1. The molecule has 0 spiro atoms. The van der Waals surface area contributed by atoms with Crippen molar-refractivity contribution in [1.82, 2.24) is 4.98 Å². The van der Waals surface area contributed by atoms with Crippen LogP contribution in [-0.2, 0) is 0 Å². The second-order valence-corrected chi connectivity index (χ2v) is 5.69. The number of aromatic nitrogens is 1. The van der Waals surface area contributed by atoms with Crippen molar-refractivity contribution in [3.63, 3.8) is 0 Å². The van der Waals surface area contributed by atoms with E-state index in [-0.39, 0.29) is 5.78 Å². The minimum atomic E-state index is 0.0264. The highest BCUT2D eigenvalue weighted by molar-refractivity contribution is 6.11. The van der Waals surface area contributed by atoms with Crippen LogP contribution in [0.25, 0.3) is 22.0 Å². The number of carbonyl (C=O) groups excluding carboxylic acids is 1. The third-order valence-electron chi connectivity index (χ3n) is 4.10. The first kappa shape index (κ1) is 14.3. The molecular formula is C22H15NO. The van der Waals surface area contributed by atoms with Gasteiger partial charge in [0.05, 0.1) is 5.69 Å². The standard InChI is InChI=1S/C22H15NO/c24-22(20-12-11-16-6-1-2-7-17(16)14-20)19-9-5-8-18(15-19)21-10-3-4-13-23-21/h1-15H. The van der Waals surface area contributed by atoms with E-state index in [1.54, 1.807) is 6.20 Å². The summed E-state index contributed by atoms with van der Waals surface area (Å²) in [5.41, 5.74) is 3.19. The highest BCUT2D eigenvalue weighted by atomic mass is 16.1. The van der Waals surface area contributed by atoms with Gasteiger partial charge in [0.1, 0.15) is 0 Å². The number of carbonyl (C=O) groups is 1. The molecule has 4 aromatic rings. The fourth-order valence-electron chi connectivity index (χ4n) is 2.85. The maximum atomic E-state index is 12.9. The van der Waals surface area contributed by atoms with E-state index in [0.717, 1.165) is 22.0 Å². The summed E-state index contributed by atoms with van der Waals surface area (Å²) in [6, 6.07) is 27.3. The van der Waals surface area contributed by atoms with Gasteiger partial charge < -0.3 is 0 Å². The lowest BCUT2D eigenvalue weighted by molar-refractivity contribution is 0.103. The van der Waals surface area contributed by atoms with Crippen LogP contribution >= 0.6 is 0 Å². The molecule has 0 fully saturated rings. The quantitative estimate of drug-likeness (QED) is 0.491. The van der Waals surface area contributed by atoms with E-state index in [2.05, 4.69) is 4.98 Å². The number of pyridine rings is 1. The van der Waals surface area contributed by atoms with E-state index in [0.29, 0.717) is 11.1 Å². The Morgan fingerprint density at radius 2 is 1.46 bits per heavy atom. The molecular weight excluding hydrogens is 294 g/mol. The summed E-state index contributed by atoms with van der Waals surface area (Å²) in [5, 5.41) is 2.21. The van der Waals surface area contributed by atoms with Gasteiger partial charge in [0.25, 0.3) is 0 Å². The fraction of sp³-hybridized carbons (Fsp3) is 0. The van der Waals surface area contributed by atoms with Gasteiger partial charge in [-0.2, -0.15) is 0 Å². The Morgan fingerprint density at radius 1 is 0.667 bits per heavy atom. The molecule has 1 aromatic heterocycles. The number of hydrogen-bond acceptors (Lipinski definition) is 2. The van der Waals surface area contributed by atoms with Crippen molar-refractivity contribution < 1.29 is 4.79 Å². The minimum Gasteiger partial charge on any atom is -0.289 e. The number of benzene rings is 3. The summed E-state index contributed by atoms with van der Waals surface area (Å²) < 4.78 is 0. The molecule has 0 saturated heterocycles. The average Bonchev–Trinajstić information content (AvgIpc) is 2.68. The van der Waals surface area contributed by atoms with E-state index in [9.17, 15) is 4.79 Å². The molecule has 114 valence electrons. The van der Waals surface area contributed by atoms with Crippen LogP contribution < -0.4 is 0 Å². The van der Waals surface area contributed by atoms with Crippen LogP contribution in [-0.4, -0.2) is 10.8 Å². The molecule has 0 aliphatic rings. The van der Waals surface area contributed by atoms with E-state index < -0.39 is 0 Å². The molecule has 0 aliphatic heterocycles. The molecule has 0 saturated carbocycles. The Bertz CT molecular complexity index is 1020. The smallest absolute Gasteiger partial charge is 0.193 e. The Kier molecular flexibility index (Phi) is 3.64. The maximum absolute atomic E-state index is 12.9. The van der Waals surface area contributed by atoms with Gasteiger partial charge in [0.15, 0.2) is 5.78 Å². The van der Waals surface area contributed by atoms with Crippen molar-refractivity contribution in [2.45, 2.75) is 0 Å².